The summed E-state index contributed by atoms with van der Waals surface area (Å²) in [6.07, 6.45) is -1.68. The van der Waals surface area contributed by atoms with Crippen LogP contribution in [0.2, 0.25) is 0 Å². The molecule has 8 heteroatoms. The predicted molar refractivity (Wildman–Crippen MR) is 107 cm³/mol. The molecule has 0 N–H and O–H groups in total. The number of hydrogen-bond acceptors (Lipinski definition) is 5. The van der Waals surface area contributed by atoms with Crippen LogP contribution in [-0.4, -0.2) is 5.97 Å². The number of esters is 1. The van der Waals surface area contributed by atoms with E-state index in [1.54, 1.807) is 31.2 Å². The largest absolute Gasteiger partial charge is 0.489 e. The van der Waals surface area contributed by atoms with Gasteiger partial charge in [0.15, 0.2) is 0 Å². The fourth-order valence-electron chi connectivity index (χ4n) is 2.61. The van der Waals surface area contributed by atoms with Crippen molar-refractivity contribution in [2.24, 2.45) is 0 Å². The molecule has 160 valence electrons. The van der Waals surface area contributed by atoms with Gasteiger partial charge in [0, 0.05) is 12.1 Å². The van der Waals surface area contributed by atoms with Crippen molar-refractivity contribution in [2.75, 3.05) is 0 Å². The molecule has 1 aromatic heterocycles. The van der Waals surface area contributed by atoms with Crippen molar-refractivity contribution in [3.8, 4) is 11.5 Å². The van der Waals surface area contributed by atoms with Gasteiger partial charge in [0.2, 0.25) is 0 Å². The molecule has 5 nitrogen and oxygen atoms in total. The zero-order valence-electron chi connectivity index (χ0n) is 16.3. The zero-order chi connectivity index (χ0) is 22.4. The van der Waals surface area contributed by atoms with E-state index in [-0.39, 0.29) is 12.4 Å². The fourth-order valence-corrected chi connectivity index (χ4v) is 2.61. The molecule has 2 aromatic carbocycles. The molecule has 31 heavy (non-hydrogen) atoms. The molecule has 0 saturated heterocycles. The van der Waals surface area contributed by atoms with Gasteiger partial charge in [0.1, 0.15) is 23.9 Å². The summed E-state index contributed by atoms with van der Waals surface area (Å²) in [5.41, 5.74) is -0.114. The molecule has 3 aromatic rings. The van der Waals surface area contributed by atoms with Crippen molar-refractivity contribution >= 4 is 12.0 Å². The molecule has 0 amide bonds. The van der Waals surface area contributed by atoms with E-state index in [4.69, 9.17) is 13.9 Å². The monoisotopic (exact) mass is 430 g/mol. The number of ether oxygens (including phenoxy) is 2. The zero-order valence-corrected chi connectivity index (χ0v) is 16.3. The van der Waals surface area contributed by atoms with E-state index in [0.717, 1.165) is 18.2 Å². The highest BCUT2D eigenvalue weighted by Gasteiger charge is 2.29. The maximum Gasteiger partial charge on any atom is 0.416 e. The van der Waals surface area contributed by atoms with Gasteiger partial charge in [0.25, 0.3) is 0 Å². The predicted octanol–water partition coefficient (Wildman–Crippen LogP) is 5.16. The number of hydrogen-bond donors (Lipinski definition) is 0. The highest BCUT2D eigenvalue weighted by atomic mass is 19.4. The average molecular weight is 430 g/mol. The summed E-state index contributed by atoms with van der Waals surface area (Å²) in [5, 5.41) is 0. The molecule has 0 aliphatic rings. The maximum atomic E-state index is 12.6. The SMILES string of the molecule is Cc1cc(OC(=O)/C=C/c2cccc(OCc3ccc(C(F)(F)F)cc3)c2)cc(=O)o1. The normalized spacial score (nSPS) is 11.5. The Labute approximate surface area is 175 Å². The standard InChI is InChI=1S/C23H17F3O5/c1-15-11-20(13-22(28)30-15)31-21(27)10-7-16-3-2-4-19(12-16)29-14-17-5-8-18(9-6-17)23(24,25)26/h2-13H,14H2,1H3/b10-7+. The minimum Gasteiger partial charge on any atom is -0.489 e. The van der Waals surface area contributed by atoms with Gasteiger partial charge in [-0.2, -0.15) is 13.2 Å². The third kappa shape index (κ3) is 6.60. The first-order valence-corrected chi connectivity index (χ1v) is 9.10. The maximum absolute atomic E-state index is 12.6. The first kappa shape index (κ1) is 21.9. The summed E-state index contributed by atoms with van der Waals surface area (Å²) in [4.78, 5) is 23.2. The van der Waals surface area contributed by atoms with Crippen molar-refractivity contribution in [2.45, 2.75) is 19.7 Å². The van der Waals surface area contributed by atoms with E-state index in [0.29, 0.717) is 22.6 Å². The van der Waals surface area contributed by atoms with Gasteiger partial charge >= 0.3 is 17.8 Å². The summed E-state index contributed by atoms with van der Waals surface area (Å²) in [6.45, 7) is 1.65. The Morgan fingerprint density at radius 3 is 2.45 bits per heavy atom. The van der Waals surface area contributed by atoms with Gasteiger partial charge in [-0.25, -0.2) is 9.59 Å². The number of carbonyl (C=O) groups excluding carboxylic acids is 1. The van der Waals surface area contributed by atoms with Crippen LogP contribution in [0.15, 0.2) is 76.0 Å². The summed E-state index contributed by atoms with van der Waals surface area (Å²) in [7, 11) is 0. The van der Waals surface area contributed by atoms with Crippen LogP contribution in [0.1, 0.15) is 22.5 Å². The molecule has 0 bridgehead atoms. The van der Waals surface area contributed by atoms with Crippen molar-refractivity contribution in [3.05, 3.63) is 99.6 Å². The van der Waals surface area contributed by atoms with Crippen LogP contribution in [0.5, 0.6) is 11.5 Å². The molecule has 0 fully saturated rings. The summed E-state index contributed by atoms with van der Waals surface area (Å²) in [6, 6.07) is 14.0. The number of rotatable bonds is 6. The Balaban J connectivity index is 1.59. The Hall–Kier alpha value is -3.81. The van der Waals surface area contributed by atoms with E-state index < -0.39 is 23.3 Å². The summed E-state index contributed by atoms with van der Waals surface area (Å²) < 4.78 is 53.3. The Bertz CT molecular complexity index is 1140. The number of alkyl halides is 3. The van der Waals surface area contributed by atoms with Gasteiger partial charge in [-0.3, -0.25) is 0 Å². The molecule has 0 saturated carbocycles. The van der Waals surface area contributed by atoms with Crippen molar-refractivity contribution in [3.63, 3.8) is 0 Å². The molecule has 0 spiro atoms. The highest BCUT2D eigenvalue weighted by molar-refractivity contribution is 5.88. The topological polar surface area (TPSA) is 65.7 Å². The van der Waals surface area contributed by atoms with Gasteiger partial charge in [-0.1, -0.05) is 24.3 Å². The third-order valence-corrected chi connectivity index (χ3v) is 4.04. The minimum atomic E-state index is -4.38. The van der Waals surface area contributed by atoms with Gasteiger partial charge in [0.05, 0.1) is 11.6 Å². The lowest BCUT2D eigenvalue weighted by atomic mass is 10.1. The summed E-state index contributed by atoms with van der Waals surface area (Å²) in [5.74, 6) is 0.196. The molecule has 0 atom stereocenters. The second-order valence-electron chi connectivity index (χ2n) is 6.53. The van der Waals surface area contributed by atoms with E-state index >= 15 is 0 Å². The molecule has 0 aliphatic heterocycles. The smallest absolute Gasteiger partial charge is 0.416 e. The van der Waals surface area contributed by atoms with Crippen LogP contribution >= 0.6 is 0 Å². The van der Waals surface area contributed by atoms with Crippen LogP contribution in [0, 0.1) is 6.92 Å². The summed E-state index contributed by atoms with van der Waals surface area (Å²) >= 11 is 0. The Morgan fingerprint density at radius 2 is 1.77 bits per heavy atom. The highest BCUT2D eigenvalue weighted by Crippen LogP contribution is 2.29. The first-order chi connectivity index (χ1) is 14.7. The number of benzene rings is 2. The molecular weight excluding hydrogens is 413 g/mol. The first-order valence-electron chi connectivity index (χ1n) is 9.10. The van der Waals surface area contributed by atoms with Crippen LogP contribution in [-0.2, 0) is 17.6 Å². The van der Waals surface area contributed by atoms with Crippen LogP contribution < -0.4 is 15.1 Å². The van der Waals surface area contributed by atoms with Crippen molar-refractivity contribution < 1.29 is 31.9 Å². The van der Waals surface area contributed by atoms with E-state index in [2.05, 4.69) is 0 Å². The molecule has 3 rings (SSSR count). The lowest BCUT2D eigenvalue weighted by Crippen LogP contribution is -2.07. The number of halogens is 3. The molecule has 0 aliphatic carbocycles. The average Bonchev–Trinajstić information content (AvgIpc) is 2.70. The van der Waals surface area contributed by atoms with Crippen molar-refractivity contribution in [1.29, 1.82) is 0 Å². The van der Waals surface area contributed by atoms with Crippen LogP contribution in [0.3, 0.4) is 0 Å². The van der Waals surface area contributed by atoms with Crippen LogP contribution in [0.4, 0.5) is 13.2 Å². The lowest BCUT2D eigenvalue weighted by molar-refractivity contribution is -0.137. The third-order valence-electron chi connectivity index (χ3n) is 4.04. The van der Waals surface area contributed by atoms with E-state index in [1.165, 1.54) is 30.4 Å². The van der Waals surface area contributed by atoms with Gasteiger partial charge in [-0.15, -0.1) is 0 Å². The molecular formula is C23H17F3O5. The van der Waals surface area contributed by atoms with Gasteiger partial charge < -0.3 is 13.9 Å². The second kappa shape index (κ2) is 9.34. The fraction of sp³-hybridized carbons (Fsp3) is 0.130. The number of carbonyl (C=O) groups is 1. The molecule has 0 unspecified atom stereocenters. The minimum absolute atomic E-state index is 0.0806. The van der Waals surface area contributed by atoms with Gasteiger partial charge in [-0.05, 0) is 48.4 Å². The molecule has 0 radical (unpaired) electrons. The quantitative estimate of drug-likeness (QED) is 0.399. The van der Waals surface area contributed by atoms with E-state index in [1.807, 2.05) is 0 Å². The van der Waals surface area contributed by atoms with Crippen LogP contribution in [0.25, 0.3) is 6.08 Å². The lowest BCUT2D eigenvalue weighted by Gasteiger charge is -2.09. The Morgan fingerprint density at radius 1 is 1.03 bits per heavy atom. The number of aryl methyl sites for hydroxylation is 1. The Kier molecular flexibility index (Phi) is 6.59. The second-order valence-corrected chi connectivity index (χ2v) is 6.53. The van der Waals surface area contributed by atoms with E-state index in [9.17, 15) is 22.8 Å². The molecule has 1 heterocycles. The van der Waals surface area contributed by atoms with Crippen molar-refractivity contribution in [1.82, 2.24) is 0 Å².